The van der Waals surface area contributed by atoms with Crippen LogP contribution in [0.3, 0.4) is 0 Å². The van der Waals surface area contributed by atoms with Crippen LogP contribution in [-0.4, -0.2) is 39.1 Å². The van der Waals surface area contributed by atoms with E-state index in [9.17, 15) is 31.5 Å². The van der Waals surface area contributed by atoms with E-state index in [0.717, 1.165) is 7.11 Å². The number of carbonyl (C=O) groups is 2. The van der Waals surface area contributed by atoms with Crippen molar-refractivity contribution in [1.29, 1.82) is 0 Å². The monoisotopic (exact) mass is 483 g/mol. The normalized spacial score (nSPS) is 16.7. The Hall–Kier alpha value is -2.66. The van der Waals surface area contributed by atoms with Crippen LogP contribution in [0.1, 0.15) is 30.9 Å². The molecule has 176 valence electrons. The van der Waals surface area contributed by atoms with Gasteiger partial charge in [-0.25, -0.2) is 18.4 Å². The maximum Gasteiger partial charge on any atom is 0.418 e. The van der Waals surface area contributed by atoms with Crippen LogP contribution < -0.4 is 5.32 Å². The second-order valence-corrected chi connectivity index (χ2v) is 6.88. The molecular weight excluding hydrogens is 465 g/mol. The van der Waals surface area contributed by atoms with Gasteiger partial charge in [0.15, 0.2) is 6.79 Å². The van der Waals surface area contributed by atoms with Crippen molar-refractivity contribution in [2.45, 2.75) is 25.9 Å². The van der Waals surface area contributed by atoms with Gasteiger partial charge in [0.2, 0.25) is 0 Å². The van der Waals surface area contributed by atoms with Crippen molar-refractivity contribution in [3.63, 3.8) is 0 Å². The number of dihydropyridines is 1. The summed E-state index contributed by atoms with van der Waals surface area (Å²) in [6.07, 6.45) is -5.18. The Balaban J connectivity index is 2.89. The Morgan fingerprint density at radius 1 is 1.19 bits per heavy atom. The van der Waals surface area contributed by atoms with Gasteiger partial charge in [-0.1, -0.05) is 11.6 Å². The molecule has 1 unspecified atom stereocenters. The van der Waals surface area contributed by atoms with Crippen molar-refractivity contribution >= 4 is 23.5 Å². The lowest BCUT2D eigenvalue weighted by molar-refractivity contribution is -0.151. The first kappa shape index (κ1) is 25.6. The molecule has 0 radical (unpaired) electrons. The molecule has 6 nitrogen and oxygen atoms in total. The molecule has 1 aromatic rings. The molecule has 0 bridgehead atoms. The van der Waals surface area contributed by atoms with E-state index in [0.29, 0.717) is 12.1 Å². The highest BCUT2D eigenvalue weighted by Crippen LogP contribution is 2.47. The number of methoxy groups -OCH3 is 1. The molecule has 1 N–H and O–H groups in total. The third kappa shape index (κ3) is 5.04. The van der Waals surface area contributed by atoms with Gasteiger partial charge in [0, 0.05) is 17.9 Å². The number of hydrogen-bond acceptors (Lipinski definition) is 6. The summed E-state index contributed by atoms with van der Waals surface area (Å²) in [7, 11) is 0.902. The molecule has 32 heavy (non-hydrogen) atoms. The Morgan fingerprint density at radius 3 is 2.38 bits per heavy atom. The summed E-state index contributed by atoms with van der Waals surface area (Å²) in [5.41, 5.74) is -4.68. The first-order chi connectivity index (χ1) is 15.0. The SMILES string of the molecule is CCOCOC(=O)C1=C(C)NC(CF)=C(C(=O)OC)C1c1c(F)ccc(Cl)c1C(F)(F)F. The largest absolute Gasteiger partial charge is 0.466 e. The van der Waals surface area contributed by atoms with E-state index < -0.39 is 76.3 Å². The number of carbonyl (C=O) groups excluding carboxylic acids is 2. The average molecular weight is 484 g/mol. The topological polar surface area (TPSA) is 73.9 Å². The van der Waals surface area contributed by atoms with Crippen molar-refractivity contribution in [2.75, 3.05) is 27.2 Å². The molecule has 0 fully saturated rings. The van der Waals surface area contributed by atoms with Gasteiger partial charge in [-0.2, -0.15) is 13.2 Å². The molecule has 1 aliphatic rings. The second-order valence-electron chi connectivity index (χ2n) is 6.47. The zero-order valence-corrected chi connectivity index (χ0v) is 17.9. The highest BCUT2D eigenvalue weighted by Gasteiger charge is 2.46. The van der Waals surface area contributed by atoms with Gasteiger partial charge in [-0.15, -0.1) is 0 Å². The fourth-order valence-corrected chi connectivity index (χ4v) is 3.58. The van der Waals surface area contributed by atoms with Crippen LogP contribution in [0.2, 0.25) is 5.02 Å². The molecule has 0 aliphatic carbocycles. The summed E-state index contributed by atoms with van der Waals surface area (Å²) >= 11 is 5.74. The van der Waals surface area contributed by atoms with Gasteiger partial charge in [-0.05, 0) is 26.0 Å². The minimum atomic E-state index is -5.18. The minimum absolute atomic E-state index is 0.149. The number of benzene rings is 1. The maximum absolute atomic E-state index is 14.9. The summed E-state index contributed by atoms with van der Waals surface area (Å²) in [6.45, 7) is 1.10. The molecule has 2 rings (SSSR count). The predicted molar refractivity (Wildman–Crippen MR) is 103 cm³/mol. The van der Waals surface area contributed by atoms with Crippen LogP contribution in [0.25, 0.3) is 0 Å². The fraction of sp³-hybridized carbons (Fsp3) is 0.400. The number of rotatable bonds is 7. The van der Waals surface area contributed by atoms with E-state index in [4.69, 9.17) is 21.1 Å². The number of ether oxygens (including phenoxy) is 3. The van der Waals surface area contributed by atoms with Crippen molar-refractivity contribution in [2.24, 2.45) is 0 Å². The Labute approximate surface area is 185 Å². The van der Waals surface area contributed by atoms with Crippen molar-refractivity contribution in [3.8, 4) is 0 Å². The molecule has 0 saturated heterocycles. The first-order valence-corrected chi connectivity index (χ1v) is 9.52. The van der Waals surface area contributed by atoms with Gasteiger partial charge in [-0.3, -0.25) is 0 Å². The van der Waals surface area contributed by atoms with Crippen LogP contribution in [0.4, 0.5) is 22.0 Å². The summed E-state index contributed by atoms with van der Waals surface area (Å²) in [5.74, 6) is -5.93. The minimum Gasteiger partial charge on any atom is -0.466 e. The third-order valence-corrected chi connectivity index (χ3v) is 4.91. The molecule has 0 spiro atoms. The Kier molecular flexibility index (Phi) is 8.24. The quantitative estimate of drug-likeness (QED) is 0.268. The molecule has 1 aromatic carbocycles. The molecule has 1 atom stereocenters. The highest BCUT2D eigenvalue weighted by molar-refractivity contribution is 6.31. The number of esters is 2. The van der Waals surface area contributed by atoms with E-state index in [1.807, 2.05) is 0 Å². The lowest BCUT2D eigenvalue weighted by atomic mass is 9.78. The van der Waals surface area contributed by atoms with E-state index in [1.165, 1.54) is 6.92 Å². The summed E-state index contributed by atoms with van der Waals surface area (Å²) in [4.78, 5) is 25.3. The molecule has 12 heteroatoms. The van der Waals surface area contributed by atoms with Crippen LogP contribution >= 0.6 is 11.6 Å². The smallest absolute Gasteiger partial charge is 0.418 e. The molecule has 1 heterocycles. The molecule has 0 aromatic heterocycles. The average Bonchev–Trinajstić information content (AvgIpc) is 2.72. The summed E-state index contributed by atoms with van der Waals surface area (Å²) in [5, 5.41) is 1.57. The van der Waals surface area contributed by atoms with E-state index >= 15 is 0 Å². The maximum atomic E-state index is 14.9. The van der Waals surface area contributed by atoms with E-state index in [2.05, 4.69) is 10.1 Å². The van der Waals surface area contributed by atoms with Gasteiger partial charge in [0.25, 0.3) is 0 Å². The zero-order chi connectivity index (χ0) is 24.2. The van der Waals surface area contributed by atoms with Gasteiger partial charge in [0.1, 0.15) is 12.5 Å². The molecule has 1 aliphatic heterocycles. The van der Waals surface area contributed by atoms with Crippen LogP contribution in [0.5, 0.6) is 0 Å². The predicted octanol–water partition coefficient (Wildman–Crippen LogP) is 4.39. The molecular formula is C20H19ClF5NO5. The van der Waals surface area contributed by atoms with Crippen LogP contribution in [-0.2, 0) is 30.0 Å². The van der Waals surface area contributed by atoms with Crippen LogP contribution in [0, 0.1) is 5.82 Å². The van der Waals surface area contributed by atoms with Crippen molar-refractivity contribution in [1.82, 2.24) is 5.32 Å². The number of alkyl halides is 4. The highest BCUT2D eigenvalue weighted by atomic mass is 35.5. The van der Waals surface area contributed by atoms with Crippen molar-refractivity contribution in [3.05, 3.63) is 56.6 Å². The summed E-state index contributed by atoms with van der Waals surface area (Å²) in [6, 6.07) is 1.34. The third-order valence-electron chi connectivity index (χ3n) is 4.59. The number of nitrogens with one attached hydrogen (secondary N) is 1. The Morgan fingerprint density at radius 2 is 1.84 bits per heavy atom. The van der Waals surface area contributed by atoms with Crippen LogP contribution in [0.15, 0.2) is 34.7 Å². The van der Waals surface area contributed by atoms with Gasteiger partial charge < -0.3 is 19.5 Å². The van der Waals surface area contributed by atoms with Gasteiger partial charge in [0.05, 0.1) is 40.5 Å². The fourth-order valence-electron chi connectivity index (χ4n) is 3.31. The number of allylic oxidation sites excluding steroid dienone is 2. The van der Waals surface area contributed by atoms with E-state index in [-0.39, 0.29) is 12.3 Å². The number of halogens is 6. The first-order valence-electron chi connectivity index (χ1n) is 9.14. The lowest BCUT2D eigenvalue weighted by Crippen LogP contribution is -2.35. The second kappa shape index (κ2) is 10.3. The lowest BCUT2D eigenvalue weighted by Gasteiger charge is -2.32. The number of hydrogen-bond donors (Lipinski definition) is 1. The summed E-state index contributed by atoms with van der Waals surface area (Å²) < 4.78 is 84.7. The molecule has 0 amide bonds. The zero-order valence-electron chi connectivity index (χ0n) is 17.2. The van der Waals surface area contributed by atoms with E-state index in [1.54, 1.807) is 6.92 Å². The van der Waals surface area contributed by atoms with Gasteiger partial charge >= 0.3 is 18.1 Å². The standard InChI is InChI=1S/C20H19ClF5NO5/c1-4-31-8-32-19(29)13-9(2)27-12(7-22)15(18(28)30-3)16(13)14-11(23)6-5-10(21)17(14)20(24,25)26/h5-6,16,27H,4,7-8H2,1-3H3. The molecule has 0 saturated carbocycles. The van der Waals surface area contributed by atoms with Crippen molar-refractivity contribution < 1.29 is 45.8 Å². The Bertz CT molecular complexity index is 974.